The van der Waals surface area contributed by atoms with E-state index in [9.17, 15) is 18.0 Å². The summed E-state index contributed by atoms with van der Waals surface area (Å²) in [5.74, 6) is 0.390. The number of hydrogen-bond donors (Lipinski definition) is 1. The third kappa shape index (κ3) is 4.32. The van der Waals surface area contributed by atoms with Gasteiger partial charge in [-0.2, -0.15) is 13.2 Å². The molecule has 1 amide bonds. The fourth-order valence-corrected chi connectivity index (χ4v) is 3.12. The highest BCUT2D eigenvalue weighted by molar-refractivity contribution is 6.34. The molecule has 0 spiro atoms. The topological polar surface area (TPSA) is 52.5 Å². The number of amides is 1. The van der Waals surface area contributed by atoms with Crippen molar-refractivity contribution in [2.75, 3.05) is 18.5 Å². The number of carbonyl (C=O) groups is 1. The summed E-state index contributed by atoms with van der Waals surface area (Å²) in [5.41, 5.74) is 1.03. The lowest BCUT2D eigenvalue weighted by Crippen LogP contribution is -2.20. The van der Waals surface area contributed by atoms with Crippen molar-refractivity contribution in [2.45, 2.75) is 33.0 Å². The third-order valence-electron chi connectivity index (χ3n) is 4.24. The Labute approximate surface area is 159 Å². The maximum absolute atomic E-state index is 12.7. The van der Waals surface area contributed by atoms with Gasteiger partial charge in [-0.15, -0.1) is 0 Å². The molecule has 2 aromatic rings. The molecule has 3 rings (SSSR count). The Bertz CT molecular complexity index is 878. The SMILES string of the molecule is Cc1cc(C(=O)Nc2cc3c(cc2Cl)OCCCO3)c(C)n1CC(F)(F)F. The molecule has 1 aliphatic heterocycles. The van der Waals surface area contributed by atoms with Crippen LogP contribution in [0.3, 0.4) is 0 Å². The maximum atomic E-state index is 12.7. The molecule has 0 atom stereocenters. The Hall–Kier alpha value is -2.35. The molecule has 27 heavy (non-hydrogen) atoms. The number of anilines is 1. The van der Waals surface area contributed by atoms with Crippen LogP contribution in [0.1, 0.15) is 28.2 Å². The predicted molar refractivity (Wildman–Crippen MR) is 95.0 cm³/mol. The van der Waals surface area contributed by atoms with Crippen LogP contribution < -0.4 is 14.8 Å². The monoisotopic (exact) mass is 402 g/mol. The molecule has 1 aliphatic rings. The van der Waals surface area contributed by atoms with E-state index in [1.807, 2.05) is 0 Å². The number of carbonyl (C=O) groups excluding carboxylic acids is 1. The summed E-state index contributed by atoms with van der Waals surface area (Å²) in [4.78, 5) is 12.6. The number of halogens is 4. The molecule has 5 nitrogen and oxygen atoms in total. The molecule has 1 N–H and O–H groups in total. The molecular weight excluding hydrogens is 385 g/mol. The van der Waals surface area contributed by atoms with Gasteiger partial charge in [0.25, 0.3) is 5.91 Å². The lowest BCUT2D eigenvalue weighted by molar-refractivity contribution is -0.141. The van der Waals surface area contributed by atoms with Gasteiger partial charge in [-0.3, -0.25) is 4.79 Å². The minimum atomic E-state index is -4.38. The number of nitrogens with one attached hydrogen (secondary N) is 1. The lowest BCUT2D eigenvalue weighted by Gasteiger charge is -2.14. The van der Waals surface area contributed by atoms with E-state index in [1.54, 1.807) is 12.1 Å². The van der Waals surface area contributed by atoms with Gasteiger partial charge in [0.15, 0.2) is 11.5 Å². The van der Waals surface area contributed by atoms with Crippen molar-refractivity contribution >= 4 is 23.2 Å². The van der Waals surface area contributed by atoms with E-state index in [1.165, 1.54) is 19.9 Å². The van der Waals surface area contributed by atoms with E-state index >= 15 is 0 Å². The van der Waals surface area contributed by atoms with Gasteiger partial charge in [-0.25, -0.2) is 0 Å². The number of nitrogens with zero attached hydrogens (tertiary/aromatic N) is 1. The summed E-state index contributed by atoms with van der Waals surface area (Å²) in [6.07, 6.45) is -3.65. The second-order valence-electron chi connectivity index (χ2n) is 6.27. The normalized spacial score (nSPS) is 14.0. The first-order valence-corrected chi connectivity index (χ1v) is 8.67. The smallest absolute Gasteiger partial charge is 0.406 e. The summed E-state index contributed by atoms with van der Waals surface area (Å²) >= 11 is 6.21. The molecule has 2 heterocycles. The van der Waals surface area contributed by atoms with Crippen molar-refractivity contribution in [3.8, 4) is 11.5 Å². The zero-order valence-electron chi connectivity index (χ0n) is 14.7. The highest BCUT2D eigenvalue weighted by Crippen LogP contribution is 2.38. The molecule has 146 valence electrons. The van der Waals surface area contributed by atoms with E-state index < -0.39 is 18.6 Å². The molecule has 9 heteroatoms. The lowest BCUT2D eigenvalue weighted by atomic mass is 10.2. The summed E-state index contributed by atoms with van der Waals surface area (Å²) in [5, 5.41) is 2.89. The van der Waals surface area contributed by atoms with E-state index in [-0.39, 0.29) is 16.3 Å². The first-order chi connectivity index (χ1) is 12.7. The van der Waals surface area contributed by atoms with Crippen molar-refractivity contribution in [2.24, 2.45) is 0 Å². The molecule has 0 bridgehead atoms. The van der Waals surface area contributed by atoms with Crippen LogP contribution >= 0.6 is 11.6 Å². The predicted octanol–water partition coefficient (Wildman–Crippen LogP) is 4.73. The average Bonchev–Trinajstić information content (AvgIpc) is 2.75. The Kier molecular flexibility index (Phi) is 5.28. The molecule has 0 aliphatic carbocycles. The highest BCUT2D eigenvalue weighted by atomic mass is 35.5. The van der Waals surface area contributed by atoms with Crippen molar-refractivity contribution in [1.29, 1.82) is 0 Å². The van der Waals surface area contributed by atoms with Gasteiger partial charge >= 0.3 is 6.18 Å². The van der Waals surface area contributed by atoms with E-state index in [4.69, 9.17) is 21.1 Å². The van der Waals surface area contributed by atoms with Crippen LogP contribution in [-0.2, 0) is 6.54 Å². The quantitative estimate of drug-likeness (QED) is 0.807. The molecule has 1 aromatic carbocycles. The standard InChI is InChI=1S/C18H18ClF3N2O3/c1-10-6-12(11(2)24(10)9-18(20,21)22)17(25)23-14-8-16-15(7-13(14)19)26-4-3-5-27-16/h6-8H,3-5,9H2,1-2H3,(H,23,25). The number of aromatic nitrogens is 1. The Balaban J connectivity index is 1.86. The molecule has 0 radical (unpaired) electrons. The zero-order chi connectivity index (χ0) is 19.8. The number of benzene rings is 1. The number of fused-ring (bicyclic) bond motifs is 1. The first-order valence-electron chi connectivity index (χ1n) is 8.29. The van der Waals surface area contributed by atoms with Crippen LogP contribution in [-0.4, -0.2) is 29.9 Å². The highest BCUT2D eigenvalue weighted by Gasteiger charge is 2.30. The number of rotatable bonds is 3. The van der Waals surface area contributed by atoms with Gasteiger partial charge in [-0.05, 0) is 19.9 Å². The van der Waals surface area contributed by atoms with Crippen LogP contribution in [0.25, 0.3) is 0 Å². The number of alkyl halides is 3. The first kappa shape index (κ1) is 19.4. The second kappa shape index (κ2) is 7.34. The second-order valence-corrected chi connectivity index (χ2v) is 6.68. The molecule has 0 unspecified atom stereocenters. The summed E-state index contributed by atoms with van der Waals surface area (Å²) in [6.45, 7) is 2.82. The maximum Gasteiger partial charge on any atom is 0.406 e. The Morgan fingerprint density at radius 2 is 1.81 bits per heavy atom. The molecule has 0 saturated heterocycles. The summed E-state index contributed by atoms with van der Waals surface area (Å²) in [6, 6.07) is 4.52. The van der Waals surface area contributed by atoms with Crippen LogP contribution in [0.2, 0.25) is 5.02 Å². The third-order valence-corrected chi connectivity index (χ3v) is 4.55. The Morgan fingerprint density at radius 1 is 1.19 bits per heavy atom. The molecule has 1 aromatic heterocycles. The van der Waals surface area contributed by atoms with Gasteiger partial charge in [0, 0.05) is 29.9 Å². The van der Waals surface area contributed by atoms with Gasteiger partial charge in [-0.1, -0.05) is 11.6 Å². The average molecular weight is 403 g/mol. The summed E-state index contributed by atoms with van der Waals surface area (Å²) < 4.78 is 50.4. The fraction of sp³-hybridized carbons (Fsp3) is 0.389. The number of aryl methyl sites for hydroxylation is 1. The van der Waals surface area contributed by atoms with E-state index in [0.717, 1.165) is 11.0 Å². The van der Waals surface area contributed by atoms with E-state index in [2.05, 4.69) is 5.32 Å². The van der Waals surface area contributed by atoms with Gasteiger partial charge in [0.05, 0.1) is 29.5 Å². The van der Waals surface area contributed by atoms with Crippen LogP contribution in [0, 0.1) is 13.8 Å². The van der Waals surface area contributed by atoms with Crippen LogP contribution in [0.4, 0.5) is 18.9 Å². The van der Waals surface area contributed by atoms with Crippen LogP contribution in [0.15, 0.2) is 18.2 Å². The minimum absolute atomic E-state index is 0.153. The minimum Gasteiger partial charge on any atom is -0.490 e. The van der Waals surface area contributed by atoms with Crippen LogP contribution in [0.5, 0.6) is 11.5 Å². The van der Waals surface area contributed by atoms with Crippen molar-refractivity contribution in [1.82, 2.24) is 4.57 Å². The molecule has 0 fully saturated rings. The molecule has 0 saturated carbocycles. The van der Waals surface area contributed by atoms with Crippen molar-refractivity contribution < 1.29 is 27.4 Å². The summed E-state index contributed by atoms with van der Waals surface area (Å²) in [7, 11) is 0. The van der Waals surface area contributed by atoms with Crippen molar-refractivity contribution in [3.05, 3.63) is 40.2 Å². The number of ether oxygens (including phenoxy) is 2. The fourth-order valence-electron chi connectivity index (χ4n) is 2.92. The molecular formula is C18H18ClF3N2O3. The Morgan fingerprint density at radius 3 is 2.44 bits per heavy atom. The zero-order valence-corrected chi connectivity index (χ0v) is 15.5. The largest absolute Gasteiger partial charge is 0.490 e. The number of hydrogen-bond acceptors (Lipinski definition) is 3. The van der Waals surface area contributed by atoms with E-state index in [0.29, 0.717) is 36.1 Å². The van der Waals surface area contributed by atoms with Gasteiger partial charge < -0.3 is 19.4 Å². The van der Waals surface area contributed by atoms with Gasteiger partial charge in [0.1, 0.15) is 6.54 Å². The van der Waals surface area contributed by atoms with Gasteiger partial charge in [0.2, 0.25) is 0 Å². The van der Waals surface area contributed by atoms with Crippen molar-refractivity contribution in [3.63, 3.8) is 0 Å².